The van der Waals surface area contributed by atoms with Gasteiger partial charge in [0.15, 0.2) is 11.6 Å². The largest absolute Gasteiger partial charge is 0.465 e. The Labute approximate surface area is 115 Å². The molecule has 0 fully saturated rings. The van der Waals surface area contributed by atoms with Crippen LogP contribution in [0, 0.1) is 11.6 Å². The molecule has 3 nitrogen and oxygen atoms in total. The Bertz CT molecular complexity index is 612. The van der Waals surface area contributed by atoms with Gasteiger partial charge in [0.25, 0.3) is 0 Å². The molecule has 2 aromatic rings. The van der Waals surface area contributed by atoms with Crippen LogP contribution in [0.5, 0.6) is 0 Å². The molecule has 0 saturated heterocycles. The first-order chi connectivity index (χ1) is 9.61. The highest BCUT2D eigenvalue weighted by Gasteiger charge is 2.07. The Morgan fingerprint density at radius 1 is 1.15 bits per heavy atom. The van der Waals surface area contributed by atoms with Gasteiger partial charge in [-0.25, -0.2) is 13.6 Å². The zero-order valence-electron chi connectivity index (χ0n) is 10.8. The van der Waals surface area contributed by atoms with Crippen molar-refractivity contribution < 1.29 is 18.3 Å². The summed E-state index contributed by atoms with van der Waals surface area (Å²) < 4.78 is 31.0. The number of nitrogens with one attached hydrogen (secondary N) is 1. The number of carbonyl (C=O) groups is 1. The zero-order chi connectivity index (χ0) is 14.5. The predicted octanol–water partition coefficient (Wildman–Crippen LogP) is 3.36. The fraction of sp³-hybridized carbons (Fsp3) is 0.133. The van der Waals surface area contributed by atoms with E-state index in [0.717, 1.165) is 11.6 Å². The molecular weight excluding hydrogens is 264 g/mol. The van der Waals surface area contributed by atoms with E-state index >= 15 is 0 Å². The molecule has 2 aromatic carbocycles. The molecule has 0 spiro atoms. The zero-order valence-corrected chi connectivity index (χ0v) is 10.8. The highest BCUT2D eigenvalue weighted by molar-refractivity contribution is 5.89. The molecule has 0 bridgehead atoms. The van der Waals surface area contributed by atoms with Gasteiger partial charge in [-0.2, -0.15) is 0 Å². The second kappa shape index (κ2) is 6.14. The van der Waals surface area contributed by atoms with Gasteiger partial charge in [0.1, 0.15) is 0 Å². The third-order valence-electron chi connectivity index (χ3n) is 2.81. The number of hydrogen-bond donors (Lipinski definition) is 1. The van der Waals surface area contributed by atoms with Gasteiger partial charge in [0.2, 0.25) is 0 Å². The van der Waals surface area contributed by atoms with Crippen molar-refractivity contribution in [3.8, 4) is 0 Å². The molecule has 20 heavy (non-hydrogen) atoms. The first-order valence-electron chi connectivity index (χ1n) is 5.97. The molecule has 0 heterocycles. The highest BCUT2D eigenvalue weighted by Crippen LogP contribution is 2.17. The minimum atomic E-state index is -0.904. The first-order valence-corrected chi connectivity index (χ1v) is 5.97. The summed E-state index contributed by atoms with van der Waals surface area (Å²) in [4.78, 5) is 11.3. The second-order valence-electron chi connectivity index (χ2n) is 4.14. The average molecular weight is 277 g/mol. The molecule has 5 heteroatoms. The van der Waals surface area contributed by atoms with Crippen molar-refractivity contribution in [1.29, 1.82) is 0 Å². The van der Waals surface area contributed by atoms with Crippen molar-refractivity contribution in [3.05, 3.63) is 65.2 Å². The van der Waals surface area contributed by atoms with E-state index in [1.54, 1.807) is 24.3 Å². The molecule has 0 aliphatic carbocycles. The number of rotatable bonds is 4. The number of halogens is 2. The van der Waals surface area contributed by atoms with Crippen LogP contribution in [0.3, 0.4) is 0 Å². The number of ether oxygens (including phenoxy) is 1. The maximum absolute atomic E-state index is 13.4. The van der Waals surface area contributed by atoms with E-state index in [2.05, 4.69) is 10.1 Å². The van der Waals surface area contributed by atoms with Crippen LogP contribution in [-0.2, 0) is 11.3 Å². The summed E-state index contributed by atoms with van der Waals surface area (Å²) in [6.45, 7) is 0.321. The van der Waals surface area contributed by atoms with Gasteiger partial charge in [0.05, 0.1) is 18.4 Å². The molecular formula is C15H13F2NO2. The molecule has 0 radical (unpaired) electrons. The third kappa shape index (κ3) is 3.12. The Morgan fingerprint density at radius 2 is 1.85 bits per heavy atom. The first kappa shape index (κ1) is 14.0. The van der Waals surface area contributed by atoms with E-state index in [9.17, 15) is 13.6 Å². The van der Waals surface area contributed by atoms with Gasteiger partial charge < -0.3 is 10.1 Å². The summed E-state index contributed by atoms with van der Waals surface area (Å²) >= 11 is 0. The molecule has 0 atom stereocenters. The molecule has 0 unspecified atom stereocenters. The SMILES string of the molecule is COC(=O)c1ccc(CNc2cccc(F)c2F)cc1. The number of methoxy groups -OCH3 is 1. The van der Waals surface area contributed by atoms with E-state index < -0.39 is 17.6 Å². The van der Waals surface area contributed by atoms with Gasteiger partial charge in [-0.15, -0.1) is 0 Å². The minimum absolute atomic E-state index is 0.0991. The summed E-state index contributed by atoms with van der Waals surface area (Å²) in [6.07, 6.45) is 0. The fourth-order valence-corrected chi connectivity index (χ4v) is 1.71. The number of anilines is 1. The topological polar surface area (TPSA) is 38.3 Å². The molecule has 0 aliphatic rings. The van der Waals surface area contributed by atoms with Crippen molar-refractivity contribution in [2.75, 3.05) is 12.4 Å². The maximum atomic E-state index is 13.4. The van der Waals surface area contributed by atoms with E-state index in [1.807, 2.05) is 0 Å². The Balaban J connectivity index is 2.04. The summed E-state index contributed by atoms with van der Waals surface area (Å²) in [7, 11) is 1.31. The molecule has 0 aliphatic heterocycles. The van der Waals surface area contributed by atoms with Gasteiger partial charge >= 0.3 is 5.97 Å². The van der Waals surface area contributed by atoms with Gasteiger partial charge in [-0.05, 0) is 29.8 Å². The fourth-order valence-electron chi connectivity index (χ4n) is 1.71. The van der Waals surface area contributed by atoms with Crippen molar-refractivity contribution in [3.63, 3.8) is 0 Å². The van der Waals surface area contributed by atoms with Crippen LogP contribution in [0.4, 0.5) is 14.5 Å². The standard InChI is InChI=1S/C15H13F2NO2/c1-20-15(19)11-7-5-10(6-8-11)9-18-13-4-2-3-12(16)14(13)17/h2-8,18H,9H2,1H3. The van der Waals surface area contributed by atoms with Crippen LogP contribution in [0.15, 0.2) is 42.5 Å². The van der Waals surface area contributed by atoms with Crippen LogP contribution in [0.2, 0.25) is 0 Å². The number of esters is 1. The number of benzene rings is 2. The predicted molar refractivity (Wildman–Crippen MR) is 71.5 cm³/mol. The second-order valence-corrected chi connectivity index (χ2v) is 4.14. The van der Waals surface area contributed by atoms with E-state index in [4.69, 9.17) is 0 Å². The van der Waals surface area contributed by atoms with Crippen LogP contribution >= 0.6 is 0 Å². The lowest BCUT2D eigenvalue weighted by molar-refractivity contribution is 0.0600. The van der Waals surface area contributed by atoms with Crippen molar-refractivity contribution in [2.24, 2.45) is 0 Å². The molecule has 1 N–H and O–H groups in total. The van der Waals surface area contributed by atoms with Gasteiger partial charge in [-0.1, -0.05) is 18.2 Å². The number of carbonyl (C=O) groups excluding carboxylic acids is 1. The average Bonchev–Trinajstić information content (AvgIpc) is 2.48. The highest BCUT2D eigenvalue weighted by atomic mass is 19.2. The van der Waals surface area contributed by atoms with E-state index in [0.29, 0.717) is 12.1 Å². The Hall–Kier alpha value is -2.43. The Kier molecular flexibility index (Phi) is 4.30. The smallest absolute Gasteiger partial charge is 0.337 e. The van der Waals surface area contributed by atoms with Gasteiger partial charge in [-0.3, -0.25) is 0 Å². The minimum Gasteiger partial charge on any atom is -0.465 e. The van der Waals surface area contributed by atoms with Crippen LogP contribution in [0.1, 0.15) is 15.9 Å². The van der Waals surface area contributed by atoms with Crippen LogP contribution in [-0.4, -0.2) is 13.1 Å². The molecule has 0 aromatic heterocycles. The number of hydrogen-bond acceptors (Lipinski definition) is 3. The normalized spacial score (nSPS) is 10.2. The molecule has 2 rings (SSSR count). The molecule has 104 valence electrons. The van der Waals surface area contributed by atoms with E-state index in [-0.39, 0.29) is 5.69 Å². The van der Waals surface area contributed by atoms with Crippen molar-refractivity contribution in [1.82, 2.24) is 0 Å². The monoisotopic (exact) mass is 277 g/mol. The molecule has 0 saturated carbocycles. The van der Waals surface area contributed by atoms with Crippen LogP contribution < -0.4 is 5.32 Å². The van der Waals surface area contributed by atoms with Gasteiger partial charge in [0, 0.05) is 6.54 Å². The molecule has 0 amide bonds. The van der Waals surface area contributed by atoms with Crippen molar-refractivity contribution in [2.45, 2.75) is 6.54 Å². The third-order valence-corrected chi connectivity index (χ3v) is 2.81. The lowest BCUT2D eigenvalue weighted by Crippen LogP contribution is -2.04. The van der Waals surface area contributed by atoms with Crippen LogP contribution in [0.25, 0.3) is 0 Å². The van der Waals surface area contributed by atoms with Crippen molar-refractivity contribution >= 4 is 11.7 Å². The van der Waals surface area contributed by atoms with E-state index in [1.165, 1.54) is 19.2 Å². The lowest BCUT2D eigenvalue weighted by atomic mass is 10.1. The maximum Gasteiger partial charge on any atom is 0.337 e. The lowest BCUT2D eigenvalue weighted by Gasteiger charge is -2.08. The quantitative estimate of drug-likeness (QED) is 0.871. The summed E-state index contributed by atoms with van der Waals surface area (Å²) in [5.41, 5.74) is 1.37. The Morgan fingerprint density at radius 3 is 2.50 bits per heavy atom. The summed E-state index contributed by atoms with van der Waals surface area (Å²) in [5.74, 6) is -2.21. The summed E-state index contributed by atoms with van der Waals surface area (Å²) in [5, 5.41) is 2.80. The summed E-state index contributed by atoms with van der Waals surface area (Å²) in [6, 6.07) is 10.6.